The minimum atomic E-state index is -0.0697. The maximum absolute atomic E-state index is 10.9. The zero-order valence-electron chi connectivity index (χ0n) is 9.32. The first-order valence-corrected chi connectivity index (χ1v) is 5.49. The lowest BCUT2D eigenvalue weighted by Gasteiger charge is -2.13. The quantitative estimate of drug-likeness (QED) is 0.809. The first-order chi connectivity index (χ1) is 7.74. The normalized spacial score (nSPS) is 19.4. The van der Waals surface area contributed by atoms with Crippen LogP contribution in [-0.2, 0) is 4.79 Å². The Morgan fingerprint density at radius 2 is 2.44 bits per heavy atom. The number of carbonyl (C=O) groups excluding carboxylic acids is 1. The lowest BCUT2D eigenvalue weighted by atomic mass is 10.2. The van der Waals surface area contributed by atoms with Gasteiger partial charge in [0.1, 0.15) is 11.9 Å². The van der Waals surface area contributed by atoms with Crippen LogP contribution in [0.2, 0.25) is 0 Å². The molecular weight excluding hydrogens is 204 g/mol. The Morgan fingerprint density at radius 1 is 1.56 bits per heavy atom. The van der Waals surface area contributed by atoms with E-state index < -0.39 is 0 Å². The zero-order valence-corrected chi connectivity index (χ0v) is 9.32. The Bertz CT molecular complexity index is 373. The molecule has 0 bridgehead atoms. The predicted molar refractivity (Wildman–Crippen MR) is 62.6 cm³/mol. The molecule has 1 atom stereocenters. The van der Waals surface area contributed by atoms with Crippen molar-refractivity contribution in [1.29, 1.82) is 0 Å². The summed E-state index contributed by atoms with van der Waals surface area (Å²) in [7, 11) is 0. The molecule has 4 heteroatoms. The van der Waals surface area contributed by atoms with E-state index in [-0.39, 0.29) is 12.0 Å². The fraction of sp³-hybridized carbons (Fsp3) is 0.417. The van der Waals surface area contributed by atoms with Crippen LogP contribution in [0.1, 0.15) is 13.3 Å². The second-order valence-corrected chi connectivity index (χ2v) is 3.94. The summed E-state index contributed by atoms with van der Waals surface area (Å²) < 4.78 is 5.78. The number of ether oxygens (including phenoxy) is 1. The highest BCUT2D eigenvalue weighted by Gasteiger charge is 2.15. The van der Waals surface area contributed by atoms with Crippen LogP contribution < -0.4 is 15.4 Å². The Labute approximate surface area is 95.0 Å². The third-order valence-electron chi connectivity index (χ3n) is 2.47. The molecular formula is C12H16N2O2. The Kier molecular flexibility index (Phi) is 3.41. The molecule has 0 spiro atoms. The van der Waals surface area contributed by atoms with Crippen molar-refractivity contribution in [2.45, 2.75) is 19.4 Å². The third kappa shape index (κ3) is 2.97. The molecule has 2 N–H and O–H groups in total. The molecule has 1 aliphatic rings. The summed E-state index contributed by atoms with van der Waals surface area (Å²) in [6, 6.07) is 7.48. The van der Waals surface area contributed by atoms with Gasteiger partial charge >= 0.3 is 0 Å². The van der Waals surface area contributed by atoms with Crippen molar-refractivity contribution in [1.82, 2.24) is 5.32 Å². The summed E-state index contributed by atoms with van der Waals surface area (Å²) in [5, 5.41) is 5.98. The molecule has 86 valence electrons. The number of rotatable bonds is 3. The van der Waals surface area contributed by atoms with Crippen LogP contribution in [0.3, 0.4) is 0 Å². The van der Waals surface area contributed by atoms with Gasteiger partial charge in [-0.1, -0.05) is 6.07 Å². The molecule has 1 aromatic rings. The maximum Gasteiger partial charge on any atom is 0.221 e. The van der Waals surface area contributed by atoms with Crippen molar-refractivity contribution in [3.05, 3.63) is 24.3 Å². The van der Waals surface area contributed by atoms with Gasteiger partial charge in [-0.2, -0.15) is 0 Å². The lowest BCUT2D eigenvalue weighted by molar-refractivity contribution is -0.114. The van der Waals surface area contributed by atoms with Crippen LogP contribution in [0.4, 0.5) is 5.69 Å². The Balaban J connectivity index is 2.00. The van der Waals surface area contributed by atoms with E-state index in [9.17, 15) is 4.79 Å². The fourth-order valence-electron chi connectivity index (χ4n) is 1.77. The standard InChI is InChI=1S/C12H16N2O2/c1-9(15)14-10-3-2-4-11(7-10)16-12-5-6-13-8-12/h2-4,7,12-13H,5-6,8H2,1H3,(H,14,15). The van der Waals surface area contributed by atoms with Crippen LogP contribution >= 0.6 is 0 Å². The summed E-state index contributed by atoms with van der Waals surface area (Å²) >= 11 is 0. The van der Waals surface area contributed by atoms with Gasteiger partial charge in [0.25, 0.3) is 0 Å². The van der Waals surface area contributed by atoms with Gasteiger partial charge in [0.05, 0.1) is 0 Å². The molecule has 0 saturated carbocycles. The number of nitrogens with one attached hydrogen (secondary N) is 2. The topological polar surface area (TPSA) is 50.4 Å². The molecule has 1 amide bonds. The van der Waals surface area contributed by atoms with Gasteiger partial charge in [-0.05, 0) is 25.1 Å². The fourth-order valence-corrected chi connectivity index (χ4v) is 1.77. The van der Waals surface area contributed by atoms with Gasteiger partial charge in [-0.3, -0.25) is 4.79 Å². The summed E-state index contributed by atoms with van der Waals surface area (Å²) in [6.45, 7) is 3.40. The SMILES string of the molecule is CC(=O)Nc1cccc(OC2CCNC2)c1. The van der Waals surface area contributed by atoms with Crippen LogP contribution in [0, 0.1) is 0 Å². The van der Waals surface area contributed by atoms with Crippen LogP contribution in [0.25, 0.3) is 0 Å². The Morgan fingerprint density at radius 3 is 3.12 bits per heavy atom. The molecule has 1 aliphatic heterocycles. The molecule has 4 nitrogen and oxygen atoms in total. The van der Waals surface area contributed by atoms with Crippen molar-refractivity contribution < 1.29 is 9.53 Å². The summed E-state index contributed by atoms with van der Waals surface area (Å²) in [4.78, 5) is 10.9. The molecule has 0 radical (unpaired) electrons. The van der Waals surface area contributed by atoms with Gasteiger partial charge in [-0.15, -0.1) is 0 Å². The van der Waals surface area contributed by atoms with Crippen molar-refractivity contribution in [2.24, 2.45) is 0 Å². The molecule has 0 aliphatic carbocycles. The highest BCUT2D eigenvalue weighted by Crippen LogP contribution is 2.19. The van der Waals surface area contributed by atoms with E-state index >= 15 is 0 Å². The number of hydrogen-bond acceptors (Lipinski definition) is 3. The highest BCUT2D eigenvalue weighted by atomic mass is 16.5. The van der Waals surface area contributed by atoms with E-state index in [0.717, 1.165) is 30.9 Å². The first-order valence-electron chi connectivity index (χ1n) is 5.49. The largest absolute Gasteiger partial charge is 0.489 e. The average molecular weight is 220 g/mol. The van der Waals surface area contributed by atoms with Crippen molar-refractivity contribution in [3.63, 3.8) is 0 Å². The van der Waals surface area contributed by atoms with Crippen molar-refractivity contribution >= 4 is 11.6 Å². The monoisotopic (exact) mass is 220 g/mol. The van der Waals surface area contributed by atoms with Crippen molar-refractivity contribution in [3.8, 4) is 5.75 Å². The molecule has 16 heavy (non-hydrogen) atoms. The maximum atomic E-state index is 10.9. The van der Waals surface area contributed by atoms with E-state index in [1.807, 2.05) is 24.3 Å². The number of carbonyl (C=O) groups is 1. The smallest absolute Gasteiger partial charge is 0.221 e. The van der Waals surface area contributed by atoms with Gasteiger partial charge in [0.15, 0.2) is 0 Å². The van der Waals surface area contributed by atoms with Crippen LogP contribution in [0.5, 0.6) is 5.75 Å². The van der Waals surface area contributed by atoms with Gasteiger partial charge < -0.3 is 15.4 Å². The van der Waals surface area contributed by atoms with E-state index in [2.05, 4.69) is 10.6 Å². The number of hydrogen-bond donors (Lipinski definition) is 2. The Hall–Kier alpha value is -1.55. The second-order valence-electron chi connectivity index (χ2n) is 3.94. The minimum absolute atomic E-state index is 0.0697. The van der Waals surface area contributed by atoms with Crippen LogP contribution in [0.15, 0.2) is 24.3 Å². The second kappa shape index (κ2) is 4.99. The van der Waals surface area contributed by atoms with Crippen molar-refractivity contribution in [2.75, 3.05) is 18.4 Å². The molecule has 0 aromatic heterocycles. The predicted octanol–water partition coefficient (Wildman–Crippen LogP) is 1.39. The van der Waals surface area contributed by atoms with E-state index in [4.69, 9.17) is 4.74 Å². The van der Waals surface area contributed by atoms with Crippen LogP contribution in [-0.4, -0.2) is 25.1 Å². The zero-order chi connectivity index (χ0) is 11.4. The first kappa shape index (κ1) is 11.0. The number of amides is 1. The van der Waals surface area contributed by atoms with Gasteiger partial charge in [0, 0.05) is 25.2 Å². The van der Waals surface area contributed by atoms with E-state index in [1.54, 1.807) is 0 Å². The van der Waals surface area contributed by atoms with E-state index in [0.29, 0.717) is 0 Å². The summed E-state index contributed by atoms with van der Waals surface area (Å²) in [5.74, 6) is 0.736. The molecule has 2 rings (SSSR count). The highest BCUT2D eigenvalue weighted by molar-refractivity contribution is 5.88. The molecule has 1 fully saturated rings. The third-order valence-corrected chi connectivity index (χ3v) is 2.47. The number of anilines is 1. The molecule has 1 unspecified atom stereocenters. The minimum Gasteiger partial charge on any atom is -0.489 e. The van der Waals surface area contributed by atoms with E-state index in [1.165, 1.54) is 6.92 Å². The van der Waals surface area contributed by atoms with Gasteiger partial charge in [0.2, 0.25) is 5.91 Å². The van der Waals surface area contributed by atoms with Gasteiger partial charge in [-0.25, -0.2) is 0 Å². The molecule has 1 saturated heterocycles. The molecule has 1 aromatic carbocycles. The average Bonchev–Trinajstić information content (AvgIpc) is 2.70. The lowest BCUT2D eigenvalue weighted by Crippen LogP contribution is -2.19. The number of benzene rings is 1. The summed E-state index contributed by atoms with van der Waals surface area (Å²) in [5.41, 5.74) is 0.774. The summed E-state index contributed by atoms with van der Waals surface area (Å²) in [6.07, 6.45) is 1.28. The molecule has 1 heterocycles.